The fraction of sp³-hybridized carbons (Fsp3) is 0.412. The summed E-state index contributed by atoms with van der Waals surface area (Å²) in [5.41, 5.74) is 7.69. The Morgan fingerprint density at radius 2 is 1.84 bits per heavy atom. The fourth-order valence-corrected chi connectivity index (χ4v) is 2.86. The second kappa shape index (κ2) is 8.84. The highest BCUT2D eigenvalue weighted by atomic mass is 35.5. The van der Waals surface area contributed by atoms with Gasteiger partial charge in [-0.1, -0.05) is 29.8 Å². The van der Waals surface area contributed by atoms with Gasteiger partial charge in [-0.05, 0) is 11.6 Å². The molecule has 1 aliphatic rings. The number of aromatic nitrogens is 2. The summed E-state index contributed by atoms with van der Waals surface area (Å²) >= 11 is 6.17. The van der Waals surface area contributed by atoms with E-state index in [1.54, 1.807) is 0 Å². The predicted octanol–water partition coefficient (Wildman–Crippen LogP) is 2.07. The molecule has 0 spiro atoms. The summed E-state index contributed by atoms with van der Waals surface area (Å²) in [4.78, 5) is 10.8. The van der Waals surface area contributed by atoms with Gasteiger partial charge in [0.05, 0.1) is 13.2 Å². The van der Waals surface area contributed by atoms with Crippen molar-refractivity contribution in [2.75, 3.05) is 55.8 Å². The van der Waals surface area contributed by atoms with Crippen LogP contribution >= 0.6 is 11.6 Å². The molecule has 25 heavy (non-hydrogen) atoms. The van der Waals surface area contributed by atoms with E-state index in [4.69, 9.17) is 22.1 Å². The van der Waals surface area contributed by atoms with Gasteiger partial charge in [0.1, 0.15) is 12.0 Å². The van der Waals surface area contributed by atoms with Crippen molar-refractivity contribution in [3.05, 3.63) is 41.2 Å². The zero-order valence-corrected chi connectivity index (χ0v) is 14.8. The molecule has 3 rings (SSSR count). The summed E-state index contributed by atoms with van der Waals surface area (Å²) in [7, 11) is 0. The molecule has 0 unspecified atom stereocenters. The largest absolute Gasteiger partial charge is 0.393 e. The van der Waals surface area contributed by atoms with Gasteiger partial charge in [0.2, 0.25) is 0 Å². The van der Waals surface area contributed by atoms with Crippen LogP contribution in [-0.2, 0) is 11.3 Å². The smallest absolute Gasteiger partial charge is 0.155 e. The number of morpholine rings is 1. The van der Waals surface area contributed by atoms with Crippen LogP contribution in [0.15, 0.2) is 30.6 Å². The van der Waals surface area contributed by atoms with Gasteiger partial charge < -0.3 is 21.1 Å². The average Bonchev–Trinajstić information content (AvgIpc) is 2.64. The maximum absolute atomic E-state index is 6.19. The Morgan fingerprint density at radius 3 is 2.60 bits per heavy atom. The van der Waals surface area contributed by atoms with Crippen LogP contribution in [0.25, 0.3) is 0 Å². The molecule has 0 radical (unpaired) electrons. The average molecular weight is 363 g/mol. The van der Waals surface area contributed by atoms with Crippen molar-refractivity contribution in [3.63, 3.8) is 0 Å². The third kappa shape index (κ3) is 4.94. The molecule has 0 aliphatic carbocycles. The lowest BCUT2D eigenvalue weighted by atomic mass is 10.2. The van der Waals surface area contributed by atoms with Gasteiger partial charge in [0, 0.05) is 37.7 Å². The number of nitrogens with one attached hydrogen (secondary N) is 2. The first-order valence-electron chi connectivity index (χ1n) is 8.36. The molecule has 0 atom stereocenters. The Morgan fingerprint density at radius 1 is 1.12 bits per heavy atom. The van der Waals surface area contributed by atoms with E-state index < -0.39 is 0 Å². The van der Waals surface area contributed by atoms with Crippen LogP contribution in [0, 0.1) is 0 Å². The van der Waals surface area contributed by atoms with Gasteiger partial charge in [-0.2, -0.15) is 0 Å². The minimum absolute atomic E-state index is 0.511. The molecule has 1 saturated heterocycles. The van der Waals surface area contributed by atoms with Crippen LogP contribution in [0.1, 0.15) is 5.56 Å². The van der Waals surface area contributed by atoms with E-state index in [0.29, 0.717) is 28.9 Å². The van der Waals surface area contributed by atoms with Crippen LogP contribution in [0.3, 0.4) is 0 Å². The number of ether oxygens (including phenoxy) is 1. The van der Waals surface area contributed by atoms with Gasteiger partial charge in [-0.25, -0.2) is 9.97 Å². The van der Waals surface area contributed by atoms with Crippen molar-refractivity contribution in [2.24, 2.45) is 0 Å². The van der Waals surface area contributed by atoms with Crippen LogP contribution < -0.4 is 16.4 Å². The summed E-state index contributed by atoms with van der Waals surface area (Å²) in [6.07, 6.45) is 1.50. The Labute approximate surface area is 152 Å². The number of halogens is 1. The van der Waals surface area contributed by atoms with Gasteiger partial charge >= 0.3 is 0 Å². The number of anilines is 3. The molecule has 2 heterocycles. The molecule has 0 bridgehead atoms. The molecule has 1 aromatic heterocycles. The SMILES string of the molecule is Nc1c(NCCN2CCOCC2)ncnc1NCc1ccccc1Cl. The van der Waals surface area contributed by atoms with Gasteiger partial charge in [0.15, 0.2) is 11.6 Å². The molecule has 0 amide bonds. The highest BCUT2D eigenvalue weighted by molar-refractivity contribution is 6.31. The predicted molar refractivity (Wildman–Crippen MR) is 101 cm³/mol. The second-order valence-corrected chi connectivity index (χ2v) is 6.22. The van der Waals surface area contributed by atoms with Gasteiger partial charge in [-0.3, -0.25) is 4.90 Å². The summed E-state index contributed by atoms with van der Waals surface area (Å²) in [6.45, 7) is 5.77. The monoisotopic (exact) mass is 362 g/mol. The minimum Gasteiger partial charge on any atom is -0.393 e. The Hall–Kier alpha value is -2.09. The topological polar surface area (TPSA) is 88.3 Å². The summed E-state index contributed by atoms with van der Waals surface area (Å²) in [5.74, 6) is 1.24. The molecule has 2 aromatic rings. The number of benzene rings is 1. The van der Waals surface area contributed by atoms with Crippen LogP contribution in [0.4, 0.5) is 17.3 Å². The Kier molecular flexibility index (Phi) is 6.27. The van der Waals surface area contributed by atoms with Gasteiger partial charge in [0.25, 0.3) is 0 Å². The lowest BCUT2D eigenvalue weighted by Crippen LogP contribution is -2.39. The molecule has 0 saturated carbocycles. The van der Waals surface area contributed by atoms with Crippen LogP contribution in [0.2, 0.25) is 5.02 Å². The summed E-state index contributed by atoms with van der Waals surface area (Å²) in [6, 6.07) is 7.68. The zero-order valence-electron chi connectivity index (χ0n) is 14.0. The van der Waals surface area contributed by atoms with Crippen molar-refractivity contribution in [2.45, 2.75) is 6.54 Å². The van der Waals surface area contributed by atoms with Crippen LogP contribution in [-0.4, -0.2) is 54.3 Å². The number of nitrogen functional groups attached to an aromatic ring is 1. The first-order chi connectivity index (χ1) is 12.2. The molecule has 8 heteroatoms. The van der Waals surface area contributed by atoms with Crippen molar-refractivity contribution in [1.29, 1.82) is 0 Å². The Balaban J connectivity index is 1.55. The molecule has 7 nitrogen and oxygen atoms in total. The molecule has 134 valence electrons. The zero-order chi connectivity index (χ0) is 17.5. The lowest BCUT2D eigenvalue weighted by Gasteiger charge is -2.26. The van der Waals surface area contributed by atoms with Crippen molar-refractivity contribution in [3.8, 4) is 0 Å². The van der Waals surface area contributed by atoms with E-state index in [0.717, 1.165) is 45.0 Å². The van der Waals surface area contributed by atoms with Crippen LogP contribution in [0.5, 0.6) is 0 Å². The summed E-state index contributed by atoms with van der Waals surface area (Å²) < 4.78 is 5.35. The maximum Gasteiger partial charge on any atom is 0.155 e. The van der Waals surface area contributed by atoms with Gasteiger partial charge in [-0.15, -0.1) is 0 Å². The number of nitrogens with zero attached hydrogens (tertiary/aromatic N) is 3. The number of nitrogens with two attached hydrogens (primary N) is 1. The van der Waals surface area contributed by atoms with Crippen molar-refractivity contribution >= 4 is 28.9 Å². The van der Waals surface area contributed by atoms with E-state index in [-0.39, 0.29) is 0 Å². The molecule has 4 N–H and O–H groups in total. The number of hydrogen-bond acceptors (Lipinski definition) is 7. The van der Waals surface area contributed by atoms with E-state index in [2.05, 4.69) is 25.5 Å². The van der Waals surface area contributed by atoms with Crippen molar-refractivity contribution < 1.29 is 4.74 Å². The quantitative estimate of drug-likeness (QED) is 0.694. The lowest BCUT2D eigenvalue weighted by molar-refractivity contribution is 0.0398. The minimum atomic E-state index is 0.511. The third-order valence-electron chi connectivity index (χ3n) is 4.11. The number of rotatable bonds is 7. The highest BCUT2D eigenvalue weighted by Gasteiger charge is 2.11. The second-order valence-electron chi connectivity index (χ2n) is 5.81. The maximum atomic E-state index is 6.19. The molecular formula is C17H23ClN6O. The van der Waals surface area contributed by atoms with E-state index >= 15 is 0 Å². The third-order valence-corrected chi connectivity index (χ3v) is 4.48. The number of hydrogen-bond donors (Lipinski definition) is 3. The first-order valence-corrected chi connectivity index (χ1v) is 8.73. The first kappa shape index (κ1) is 17.7. The standard InChI is InChI=1S/C17H23ClN6O/c18-14-4-2-1-3-13(14)11-21-17-15(19)16(22-12-23-17)20-5-6-24-7-9-25-10-8-24/h1-4,12H,5-11,19H2,(H2,20,21,22,23). The fourth-order valence-electron chi connectivity index (χ4n) is 2.66. The van der Waals surface area contributed by atoms with Crippen molar-refractivity contribution in [1.82, 2.24) is 14.9 Å². The highest BCUT2D eigenvalue weighted by Crippen LogP contribution is 2.24. The van der Waals surface area contributed by atoms with E-state index in [9.17, 15) is 0 Å². The Bertz CT molecular complexity index is 693. The van der Waals surface area contributed by atoms with E-state index in [1.807, 2.05) is 24.3 Å². The van der Waals surface area contributed by atoms with E-state index in [1.165, 1.54) is 6.33 Å². The normalized spacial score (nSPS) is 15.1. The summed E-state index contributed by atoms with van der Waals surface area (Å²) in [5, 5.41) is 7.22. The molecule has 1 fully saturated rings. The molecule has 1 aliphatic heterocycles. The molecular weight excluding hydrogens is 340 g/mol. The molecule has 1 aromatic carbocycles.